The van der Waals surface area contributed by atoms with Crippen LogP contribution in [0.2, 0.25) is 0 Å². The van der Waals surface area contributed by atoms with Crippen LogP contribution in [0.3, 0.4) is 0 Å². The molecule has 4 nitrogen and oxygen atoms in total. The van der Waals surface area contributed by atoms with E-state index in [1.165, 1.54) is 0 Å². The molecule has 0 spiro atoms. The molecule has 2 aromatic rings. The van der Waals surface area contributed by atoms with Gasteiger partial charge in [-0.2, -0.15) is 0 Å². The molecule has 0 saturated carbocycles. The second kappa shape index (κ2) is 5.96. The zero-order valence-electron chi connectivity index (χ0n) is 9.54. The summed E-state index contributed by atoms with van der Waals surface area (Å²) in [5, 5.41) is 0. The average Bonchev–Trinajstić information content (AvgIpc) is 2.41. The number of hydrogen-bond donors (Lipinski definition) is 1. The van der Waals surface area contributed by atoms with Crippen LogP contribution < -0.4 is 10.5 Å². The molecule has 0 aromatic carbocycles. The third-order valence-electron chi connectivity index (χ3n) is 2.36. The summed E-state index contributed by atoms with van der Waals surface area (Å²) in [5.41, 5.74) is 7.35. The fraction of sp³-hybridized carbons (Fsp3) is 0.231. The highest BCUT2D eigenvalue weighted by Crippen LogP contribution is 2.09. The van der Waals surface area contributed by atoms with Gasteiger partial charge in [0, 0.05) is 24.9 Å². The van der Waals surface area contributed by atoms with Crippen LogP contribution in [-0.4, -0.2) is 16.6 Å². The molecule has 2 heterocycles. The zero-order chi connectivity index (χ0) is 11.9. The number of ether oxygens (including phenoxy) is 1. The smallest absolute Gasteiger partial charge is 0.137 e. The minimum Gasteiger partial charge on any atom is -0.492 e. The summed E-state index contributed by atoms with van der Waals surface area (Å²) in [4.78, 5) is 8.38. The van der Waals surface area contributed by atoms with E-state index in [-0.39, 0.29) is 0 Å². The van der Waals surface area contributed by atoms with Gasteiger partial charge in [0.15, 0.2) is 0 Å². The first-order valence-corrected chi connectivity index (χ1v) is 5.56. The van der Waals surface area contributed by atoms with Crippen molar-refractivity contribution in [3.05, 3.63) is 54.1 Å². The van der Waals surface area contributed by atoms with E-state index in [9.17, 15) is 0 Å². The fourth-order valence-electron chi connectivity index (χ4n) is 1.44. The van der Waals surface area contributed by atoms with E-state index in [4.69, 9.17) is 10.5 Å². The summed E-state index contributed by atoms with van der Waals surface area (Å²) < 4.78 is 5.57. The average molecular weight is 229 g/mol. The van der Waals surface area contributed by atoms with Crippen LogP contribution in [0.25, 0.3) is 0 Å². The van der Waals surface area contributed by atoms with Crippen molar-refractivity contribution < 1.29 is 4.74 Å². The van der Waals surface area contributed by atoms with E-state index in [0.29, 0.717) is 13.2 Å². The lowest BCUT2D eigenvalue weighted by Crippen LogP contribution is -2.04. The van der Waals surface area contributed by atoms with Gasteiger partial charge >= 0.3 is 0 Å². The highest BCUT2D eigenvalue weighted by molar-refractivity contribution is 5.19. The van der Waals surface area contributed by atoms with Gasteiger partial charge in [-0.1, -0.05) is 6.07 Å². The molecular formula is C13H15N3O. The van der Waals surface area contributed by atoms with Gasteiger partial charge in [0.2, 0.25) is 0 Å². The van der Waals surface area contributed by atoms with Gasteiger partial charge in [-0.25, -0.2) is 0 Å². The number of nitrogens with two attached hydrogens (primary N) is 1. The Morgan fingerprint density at radius 2 is 2.00 bits per heavy atom. The summed E-state index contributed by atoms with van der Waals surface area (Å²) in [7, 11) is 0. The molecule has 0 radical (unpaired) electrons. The standard InChI is InChI=1S/C13H15N3O/c14-9-12-4-5-13(10-16-12)17-8-6-11-3-1-2-7-15-11/h1-5,7,10H,6,8-9,14H2. The Kier molecular flexibility index (Phi) is 4.05. The van der Waals surface area contributed by atoms with Crippen molar-refractivity contribution in [1.82, 2.24) is 9.97 Å². The molecule has 2 aromatic heterocycles. The van der Waals surface area contributed by atoms with E-state index in [1.807, 2.05) is 30.3 Å². The van der Waals surface area contributed by atoms with Crippen molar-refractivity contribution in [2.45, 2.75) is 13.0 Å². The Hall–Kier alpha value is -1.94. The summed E-state index contributed by atoms with van der Waals surface area (Å²) in [5.74, 6) is 0.762. The highest BCUT2D eigenvalue weighted by Gasteiger charge is 1.97. The maximum Gasteiger partial charge on any atom is 0.137 e. The summed E-state index contributed by atoms with van der Waals surface area (Å²) in [6, 6.07) is 9.61. The maximum absolute atomic E-state index is 5.57. The molecule has 4 heteroatoms. The van der Waals surface area contributed by atoms with Gasteiger partial charge in [0.25, 0.3) is 0 Å². The number of rotatable bonds is 5. The van der Waals surface area contributed by atoms with E-state index in [2.05, 4.69) is 9.97 Å². The van der Waals surface area contributed by atoms with Crippen LogP contribution in [-0.2, 0) is 13.0 Å². The van der Waals surface area contributed by atoms with Crippen molar-refractivity contribution in [2.24, 2.45) is 5.73 Å². The van der Waals surface area contributed by atoms with E-state index in [1.54, 1.807) is 12.4 Å². The fourth-order valence-corrected chi connectivity index (χ4v) is 1.44. The first kappa shape index (κ1) is 11.5. The van der Waals surface area contributed by atoms with Crippen molar-refractivity contribution in [2.75, 3.05) is 6.61 Å². The Labute approximate surface area is 100 Å². The third kappa shape index (κ3) is 3.53. The molecule has 0 amide bonds. The summed E-state index contributed by atoms with van der Waals surface area (Å²) in [6.45, 7) is 1.05. The second-order valence-electron chi connectivity index (χ2n) is 3.61. The van der Waals surface area contributed by atoms with Crippen molar-refractivity contribution in [1.29, 1.82) is 0 Å². The molecule has 2 N–H and O–H groups in total. The van der Waals surface area contributed by atoms with Crippen LogP contribution in [0.1, 0.15) is 11.4 Å². The Morgan fingerprint density at radius 1 is 1.06 bits per heavy atom. The molecule has 0 unspecified atom stereocenters. The van der Waals surface area contributed by atoms with Gasteiger partial charge in [-0.05, 0) is 24.3 Å². The molecule has 0 saturated heterocycles. The van der Waals surface area contributed by atoms with Crippen LogP contribution >= 0.6 is 0 Å². The predicted molar refractivity (Wildman–Crippen MR) is 65.6 cm³/mol. The Morgan fingerprint density at radius 3 is 2.65 bits per heavy atom. The predicted octanol–water partition coefficient (Wildman–Crippen LogP) is 1.56. The molecule has 17 heavy (non-hydrogen) atoms. The molecule has 0 atom stereocenters. The minimum absolute atomic E-state index is 0.453. The first-order chi connectivity index (χ1) is 8.38. The van der Waals surface area contributed by atoms with E-state index < -0.39 is 0 Å². The van der Waals surface area contributed by atoms with Crippen LogP contribution in [0.4, 0.5) is 0 Å². The lowest BCUT2D eigenvalue weighted by molar-refractivity contribution is 0.319. The molecular weight excluding hydrogens is 214 g/mol. The molecule has 0 aliphatic heterocycles. The summed E-state index contributed by atoms with van der Waals surface area (Å²) in [6.07, 6.45) is 4.27. The normalized spacial score (nSPS) is 10.2. The van der Waals surface area contributed by atoms with Crippen molar-refractivity contribution in [3.8, 4) is 5.75 Å². The largest absolute Gasteiger partial charge is 0.492 e. The quantitative estimate of drug-likeness (QED) is 0.845. The second-order valence-corrected chi connectivity index (χ2v) is 3.61. The summed E-state index contributed by atoms with van der Waals surface area (Å²) >= 11 is 0. The molecule has 0 aliphatic rings. The molecule has 0 aliphatic carbocycles. The van der Waals surface area contributed by atoms with Gasteiger partial charge in [0.05, 0.1) is 18.5 Å². The van der Waals surface area contributed by atoms with E-state index in [0.717, 1.165) is 23.6 Å². The Bertz CT molecular complexity index is 442. The number of nitrogens with zero attached hydrogens (tertiary/aromatic N) is 2. The molecule has 0 fully saturated rings. The van der Waals surface area contributed by atoms with Crippen molar-refractivity contribution in [3.63, 3.8) is 0 Å². The highest BCUT2D eigenvalue weighted by atomic mass is 16.5. The minimum atomic E-state index is 0.453. The van der Waals surface area contributed by atoms with Crippen LogP contribution in [0.15, 0.2) is 42.7 Å². The van der Waals surface area contributed by atoms with Crippen LogP contribution in [0.5, 0.6) is 5.75 Å². The van der Waals surface area contributed by atoms with Crippen LogP contribution in [0, 0.1) is 0 Å². The number of hydrogen-bond acceptors (Lipinski definition) is 4. The van der Waals surface area contributed by atoms with Crippen molar-refractivity contribution >= 4 is 0 Å². The SMILES string of the molecule is NCc1ccc(OCCc2ccccn2)cn1. The first-order valence-electron chi connectivity index (χ1n) is 5.56. The molecule has 0 bridgehead atoms. The Balaban J connectivity index is 1.82. The van der Waals surface area contributed by atoms with Gasteiger partial charge in [-0.3, -0.25) is 9.97 Å². The topological polar surface area (TPSA) is 61.0 Å². The third-order valence-corrected chi connectivity index (χ3v) is 2.36. The maximum atomic E-state index is 5.57. The van der Waals surface area contributed by atoms with Gasteiger partial charge < -0.3 is 10.5 Å². The monoisotopic (exact) mass is 229 g/mol. The van der Waals surface area contributed by atoms with Gasteiger partial charge in [-0.15, -0.1) is 0 Å². The number of pyridine rings is 2. The molecule has 2 rings (SSSR count). The number of aromatic nitrogens is 2. The zero-order valence-corrected chi connectivity index (χ0v) is 9.54. The van der Waals surface area contributed by atoms with E-state index >= 15 is 0 Å². The van der Waals surface area contributed by atoms with Gasteiger partial charge in [0.1, 0.15) is 5.75 Å². The lowest BCUT2D eigenvalue weighted by atomic mass is 10.3. The lowest BCUT2D eigenvalue weighted by Gasteiger charge is -2.05. The molecule has 88 valence electrons.